The molecule has 3 N–H and O–H groups in total. The van der Waals surface area contributed by atoms with Crippen molar-refractivity contribution in [2.24, 2.45) is 0 Å². The summed E-state index contributed by atoms with van der Waals surface area (Å²) in [6.07, 6.45) is 3.09. The maximum Gasteiger partial charge on any atom is 0.263 e. The molecule has 2 aromatic heterocycles. The van der Waals surface area contributed by atoms with Crippen LogP contribution < -0.4 is 11.1 Å². The third-order valence-corrected chi connectivity index (χ3v) is 5.36. The SMILES string of the molecule is COC(C)c1ncc(C(=O)NCc2ccc(-c3ccnc(N)n3)cc2C)s1. The fraction of sp³-hybridized carbons (Fsp3) is 0.263. The van der Waals surface area contributed by atoms with Crippen LogP contribution in [0.4, 0.5) is 5.95 Å². The summed E-state index contributed by atoms with van der Waals surface area (Å²) >= 11 is 1.34. The number of aryl methyl sites for hydroxylation is 1. The number of thiazole rings is 1. The number of ether oxygens (including phenoxy) is 1. The monoisotopic (exact) mass is 383 g/mol. The van der Waals surface area contributed by atoms with E-state index in [1.165, 1.54) is 11.3 Å². The molecule has 0 radical (unpaired) electrons. The van der Waals surface area contributed by atoms with Crippen molar-refractivity contribution in [2.75, 3.05) is 12.8 Å². The third kappa shape index (κ3) is 4.47. The normalized spacial score (nSPS) is 12.0. The van der Waals surface area contributed by atoms with Gasteiger partial charge in [0.2, 0.25) is 5.95 Å². The van der Waals surface area contributed by atoms with E-state index in [0.717, 1.165) is 27.4 Å². The number of carbonyl (C=O) groups is 1. The predicted molar refractivity (Wildman–Crippen MR) is 105 cm³/mol. The van der Waals surface area contributed by atoms with Crippen molar-refractivity contribution < 1.29 is 9.53 Å². The summed E-state index contributed by atoms with van der Waals surface area (Å²) in [6, 6.07) is 7.78. The highest BCUT2D eigenvalue weighted by molar-refractivity contribution is 7.13. The lowest BCUT2D eigenvalue weighted by Crippen LogP contribution is -2.22. The Labute approximate surface area is 161 Å². The molecule has 0 fully saturated rings. The van der Waals surface area contributed by atoms with E-state index in [2.05, 4.69) is 20.3 Å². The Kier molecular flexibility index (Phi) is 5.78. The van der Waals surface area contributed by atoms with Gasteiger partial charge in [0.15, 0.2) is 0 Å². The van der Waals surface area contributed by atoms with Crippen molar-refractivity contribution in [1.82, 2.24) is 20.3 Å². The number of hydrogen-bond acceptors (Lipinski definition) is 7. The first-order chi connectivity index (χ1) is 13.0. The number of nitrogen functional groups attached to an aromatic ring is 1. The molecule has 0 saturated carbocycles. The van der Waals surface area contributed by atoms with Gasteiger partial charge in [-0.05, 0) is 37.1 Å². The fourth-order valence-corrected chi connectivity index (χ4v) is 3.40. The van der Waals surface area contributed by atoms with Gasteiger partial charge in [-0.2, -0.15) is 0 Å². The standard InChI is InChI=1S/C19H21N5O2S/c1-11-8-13(15-6-7-21-19(20)24-15)4-5-14(11)9-22-17(25)16-10-23-18(27-16)12(2)26-3/h4-8,10,12H,9H2,1-3H3,(H,22,25)(H2,20,21,24). The van der Waals surface area contributed by atoms with Crippen molar-refractivity contribution in [3.05, 3.63) is 57.7 Å². The molecule has 0 aliphatic heterocycles. The fourth-order valence-electron chi connectivity index (χ4n) is 2.53. The van der Waals surface area contributed by atoms with Crippen LogP contribution in [0.1, 0.15) is 38.8 Å². The highest BCUT2D eigenvalue weighted by Crippen LogP contribution is 2.23. The quantitative estimate of drug-likeness (QED) is 0.678. The van der Waals surface area contributed by atoms with E-state index in [1.807, 2.05) is 38.1 Å². The van der Waals surface area contributed by atoms with E-state index >= 15 is 0 Å². The number of rotatable bonds is 6. The highest BCUT2D eigenvalue weighted by Gasteiger charge is 2.14. The van der Waals surface area contributed by atoms with Gasteiger partial charge in [-0.15, -0.1) is 11.3 Å². The van der Waals surface area contributed by atoms with Gasteiger partial charge >= 0.3 is 0 Å². The van der Waals surface area contributed by atoms with Crippen LogP contribution in [0.5, 0.6) is 0 Å². The molecule has 0 aliphatic rings. The molecule has 1 unspecified atom stereocenters. The molecule has 2 heterocycles. The molecule has 140 valence electrons. The second-order valence-electron chi connectivity index (χ2n) is 6.06. The minimum Gasteiger partial charge on any atom is -0.375 e. The van der Waals surface area contributed by atoms with Crippen LogP contribution in [0.2, 0.25) is 0 Å². The molecule has 0 spiro atoms. The molecule has 1 aromatic carbocycles. The summed E-state index contributed by atoms with van der Waals surface area (Å²) in [5.41, 5.74) is 9.46. The second kappa shape index (κ2) is 8.24. The Morgan fingerprint density at radius 2 is 2.15 bits per heavy atom. The smallest absolute Gasteiger partial charge is 0.263 e. The van der Waals surface area contributed by atoms with Crippen LogP contribution >= 0.6 is 11.3 Å². The molecule has 3 aromatic rings. The molecule has 0 aliphatic carbocycles. The Morgan fingerprint density at radius 3 is 2.85 bits per heavy atom. The number of benzene rings is 1. The Bertz CT molecular complexity index is 957. The van der Waals surface area contributed by atoms with Gasteiger partial charge in [0.05, 0.1) is 11.9 Å². The van der Waals surface area contributed by atoms with Crippen molar-refractivity contribution >= 4 is 23.2 Å². The number of amides is 1. The van der Waals surface area contributed by atoms with Crippen molar-refractivity contribution in [3.8, 4) is 11.3 Å². The summed E-state index contributed by atoms with van der Waals surface area (Å²) in [5, 5.41) is 3.72. The Balaban J connectivity index is 1.67. The van der Waals surface area contributed by atoms with E-state index in [1.54, 1.807) is 19.5 Å². The number of aromatic nitrogens is 3. The van der Waals surface area contributed by atoms with Crippen LogP contribution in [0.15, 0.2) is 36.7 Å². The predicted octanol–water partition coefficient (Wildman–Crippen LogP) is 3.13. The van der Waals surface area contributed by atoms with Gasteiger partial charge in [-0.25, -0.2) is 15.0 Å². The third-order valence-electron chi connectivity index (χ3n) is 4.20. The molecular formula is C19H21N5O2S. The number of anilines is 1. The Morgan fingerprint density at radius 1 is 1.33 bits per heavy atom. The molecular weight excluding hydrogens is 362 g/mol. The summed E-state index contributed by atoms with van der Waals surface area (Å²) in [7, 11) is 1.62. The lowest BCUT2D eigenvalue weighted by Gasteiger charge is -2.09. The van der Waals surface area contributed by atoms with E-state index in [0.29, 0.717) is 11.4 Å². The first-order valence-electron chi connectivity index (χ1n) is 8.43. The molecule has 7 nitrogen and oxygen atoms in total. The maximum absolute atomic E-state index is 12.4. The van der Waals surface area contributed by atoms with Crippen molar-refractivity contribution in [2.45, 2.75) is 26.5 Å². The zero-order valence-corrected chi connectivity index (χ0v) is 16.2. The molecule has 3 rings (SSSR count). The zero-order chi connectivity index (χ0) is 19.4. The molecule has 27 heavy (non-hydrogen) atoms. The van der Waals surface area contributed by atoms with E-state index in [-0.39, 0.29) is 18.0 Å². The summed E-state index contributed by atoms with van der Waals surface area (Å²) in [5.74, 6) is 0.0994. The average Bonchev–Trinajstić information content (AvgIpc) is 3.16. The summed E-state index contributed by atoms with van der Waals surface area (Å²) in [6.45, 7) is 4.33. The molecule has 1 atom stereocenters. The second-order valence-corrected chi connectivity index (χ2v) is 7.13. The van der Waals surface area contributed by atoms with Gasteiger partial charge in [0.1, 0.15) is 16.0 Å². The summed E-state index contributed by atoms with van der Waals surface area (Å²) in [4.78, 5) is 25.3. The average molecular weight is 383 g/mol. The first kappa shape index (κ1) is 18.9. The topological polar surface area (TPSA) is 103 Å². The van der Waals surface area contributed by atoms with Gasteiger partial charge < -0.3 is 15.8 Å². The van der Waals surface area contributed by atoms with Crippen LogP contribution in [-0.2, 0) is 11.3 Å². The molecule has 1 amide bonds. The lowest BCUT2D eigenvalue weighted by atomic mass is 10.0. The van der Waals surface area contributed by atoms with Gasteiger partial charge in [0, 0.05) is 25.4 Å². The van der Waals surface area contributed by atoms with Crippen molar-refractivity contribution in [1.29, 1.82) is 0 Å². The summed E-state index contributed by atoms with van der Waals surface area (Å²) < 4.78 is 5.23. The first-order valence-corrected chi connectivity index (χ1v) is 9.24. The number of nitrogens with one attached hydrogen (secondary N) is 1. The minimum absolute atomic E-state index is 0.123. The maximum atomic E-state index is 12.4. The number of hydrogen-bond donors (Lipinski definition) is 2. The van der Waals surface area contributed by atoms with Crippen LogP contribution in [-0.4, -0.2) is 28.0 Å². The van der Waals surface area contributed by atoms with E-state index in [9.17, 15) is 4.79 Å². The van der Waals surface area contributed by atoms with Gasteiger partial charge in [0.25, 0.3) is 5.91 Å². The lowest BCUT2D eigenvalue weighted by molar-refractivity contribution is 0.0954. The van der Waals surface area contributed by atoms with Crippen LogP contribution in [0.25, 0.3) is 11.3 Å². The highest BCUT2D eigenvalue weighted by atomic mass is 32.1. The molecule has 0 saturated heterocycles. The van der Waals surface area contributed by atoms with Crippen LogP contribution in [0.3, 0.4) is 0 Å². The van der Waals surface area contributed by atoms with Crippen LogP contribution in [0, 0.1) is 6.92 Å². The molecule has 0 bridgehead atoms. The number of nitrogens with zero attached hydrogens (tertiary/aromatic N) is 3. The van der Waals surface area contributed by atoms with Gasteiger partial charge in [-0.1, -0.05) is 12.1 Å². The largest absolute Gasteiger partial charge is 0.375 e. The minimum atomic E-state index is -0.144. The molecule has 8 heteroatoms. The van der Waals surface area contributed by atoms with E-state index in [4.69, 9.17) is 10.5 Å². The zero-order valence-electron chi connectivity index (χ0n) is 15.4. The van der Waals surface area contributed by atoms with E-state index < -0.39 is 0 Å². The van der Waals surface area contributed by atoms with Crippen molar-refractivity contribution in [3.63, 3.8) is 0 Å². The number of methoxy groups -OCH3 is 1. The Hall–Kier alpha value is -2.84. The number of carbonyl (C=O) groups excluding carboxylic acids is 1. The van der Waals surface area contributed by atoms with Gasteiger partial charge in [-0.3, -0.25) is 4.79 Å². The number of nitrogens with two attached hydrogens (primary N) is 1.